The lowest BCUT2D eigenvalue weighted by atomic mass is 10.4. The molecule has 0 radical (unpaired) electrons. The monoisotopic (exact) mass is 723 g/mol. The second kappa shape index (κ2) is 24.7. The van der Waals surface area contributed by atoms with Gasteiger partial charge in [0.25, 0.3) is 0 Å². The van der Waals surface area contributed by atoms with Crippen molar-refractivity contribution < 1.29 is 86.5 Å². The number of aromatic nitrogens is 3. The highest BCUT2D eigenvalue weighted by molar-refractivity contribution is 5.83. The largest absolute Gasteiger partial charge is 0.459 e. The quantitative estimate of drug-likeness (QED) is 0.0388. The molecule has 0 atom stereocenters. The van der Waals surface area contributed by atoms with Crippen molar-refractivity contribution in [1.29, 1.82) is 0 Å². The average Bonchev–Trinajstić information content (AvgIpc) is 3.15. The highest BCUT2D eigenvalue weighted by atomic mass is 17.2. The minimum absolute atomic E-state index is 0.525. The minimum Gasteiger partial charge on any atom is -0.459 e. The van der Waals surface area contributed by atoms with E-state index in [4.69, 9.17) is 57.7 Å². The second-order valence-corrected chi connectivity index (χ2v) is 8.59. The summed E-state index contributed by atoms with van der Waals surface area (Å²) in [4.78, 5) is 111. The van der Waals surface area contributed by atoms with E-state index in [0.29, 0.717) is 0 Å². The third-order valence-corrected chi connectivity index (χ3v) is 4.82. The molecule has 1 heterocycles. The van der Waals surface area contributed by atoms with Gasteiger partial charge in [0, 0.05) is 36.5 Å². The van der Waals surface area contributed by atoms with Gasteiger partial charge in [0.1, 0.15) is 39.6 Å². The molecular weight excluding hydrogens is 690 g/mol. The van der Waals surface area contributed by atoms with E-state index in [1.54, 1.807) is 0 Å². The molecule has 51 heavy (non-hydrogen) atoms. The zero-order valence-electron chi connectivity index (χ0n) is 26.9. The molecule has 0 fully saturated rings. The standard InChI is InChI=1S/C30H33N3O18/c1-7-22(34)40-13-19(14-41-23(35)8-2)46-49-28-31-29(50-47-20(15-42-24(36)9-3)16-43-25(37)10-4)33-30(32-28)51-48-21(17-44-26(38)11-5)18-45-27(39)12-6/h7-12,19-21H,1-6,13-18H2. The molecule has 276 valence electrons. The van der Waals surface area contributed by atoms with E-state index in [0.717, 1.165) is 36.5 Å². The van der Waals surface area contributed by atoms with Crippen molar-refractivity contribution in [1.82, 2.24) is 15.0 Å². The molecule has 21 nitrogen and oxygen atoms in total. The first-order valence-electron chi connectivity index (χ1n) is 14.0. The summed E-state index contributed by atoms with van der Waals surface area (Å²) >= 11 is 0. The summed E-state index contributed by atoms with van der Waals surface area (Å²) in [7, 11) is 0. The van der Waals surface area contributed by atoms with Gasteiger partial charge in [0.15, 0.2) is 18.3 Å². The molecule has 0 unspecified atom stereocenters. The molecule has 0 aliphatic heterocycles. The van der Waals surface area contributed by atoms with Gasteiger partial charge in [-0.15, -0.1) is 15.0 Å². The van der Waals surface area contributed by atoms with Crippen molar-refractivity contribution in [2.45, 2.75) is 18.3 Å². The van der Waals surface area contributed by atoms with Crippen LogP contribution in [0.5, 0.6) is 18.0 Å². The fourth-order valence-corrected chi connectivity index (χ4v) is 2.48. The number of hydrogen-bond donors (Lipinski definition) is 0. The predicted molar refractivity (Wildman–Crippen MR) is 163 cm³/mol. The number of ether oxygens (including phenoxy) is 6. The number of carbonyl (C=O) groups excluding carboxylic acids is 6. The van der Waals surface area contributed by atoms with Crippen molar-refractivity contribution in [2.75, 3.05) is 39.6 Å². The van der Waals surface area contributed by atoms with Crippen LogP contribution < -0.4 is 14.7 Å². The summed E-state index contributed by atoms with van der Waals surface area (Å²) in [6.07, 6.45) is 1.30. The molecule has 0 saturated carbocycles. The Balaban J connectivity index is 3.32. The van der Waals surface area contributed by atoms with Gasteiger partial charge in [0.2, 0.25) is 0 Å². The van der Waals surface area contributed by atoms with Crippen LogP contribution in [-0.2, 0) is 71.9 Å². The maximum absolute atomic E-state index is 11.5. The van der Waals surface area contributed by atoms with E-state index in [9.17, 15) is 28.8 Å². The molecule has 0 N–H and O–H groups in total. The highest BCUT2D eigenvalue weighted by Gasteiger charge is 2.23. The lowest BCUT2D eigenvalue weighted by molar-refractivity contribution is -0.280. The predicted octanol–water partition coefficient (Wildman–Crippen LogP) is 0.284. The van der Waals surface area contributed by atoms with E-state index < -0.39 is 112 Å². The van der Waals surface area contributed by atoms with Gasteiger partial charge in [-0.1, -0.05) is 39.5 Å². The van der Waals surface area contributed by atoms with E-state index in [1.807, 2.05) is 0 Å². The highest BCUT2D eigenvalue weighted by Crippen LogP contribution is 2.18. The lowest BCUT2D eigenvalue weighted by Gasteiger charge is -2.17. The summed E-state index contributed by atoms with van der Waals surface area (Å²) in [6, 6.07) is -2.26. The van der Waals surface area contributed by atoms with Gasteiger partial charge < -0.3 is 28.4 Å². The topological polar surface area (TPSA) is 252 Å². The third-order valence-electron chi connectivity index (χ3n) is 4.82. The average molecular weight is 724 g/mol. The van der Waals surface area contributed by atoms with Gasteiger partial charge in [-0.05, 0) is 0 Å². The van der Waals surface area contributed by atoms with Gasteiger partial charge in [-0.2, -0.15) is 14.7 Å². The third kappa shape index (κ3) is 19.2. The van der Waals surface area contributed by atoms with Crippen molar-refractivity contribution in [3.63, 3.8) is 0 Å². The summed E-state index contributed by atoms with van der Waals surface area (Å²) in [5.74, 6) is -5.09. The van der Waals surface area contributed by atoms with Gasteiger partial charge in [0.05, 0.1) is 0 Å². The molecule has 1 aromatic rings. The Labute approximate surface area is 289 Å². The second-order valence-electron chi connectivity index (χ2n) is 8.59. The minimum atomic E-state index is -1.29. The first-order chi connectivity index (χ1) is 24.5. The molecule has 0 aliphatic rings. The normalized spacial score (nSPS) is 10.2. The van der Waals surface area contributed by atoms with Crippen molar-refractivity contribution >= 4 is 35.8 Å². The molecule has 1 aromatic heterocycles. The zero-order chi connectivity index (χ0) is 38.0. The smallest absolute Gasteiger partial charge is 0.362 e. The maximum Gasteiger partial charge on any atom is 0.362 e. The SMILES string of the molecule is C=CC(=O)OCC(COC(=O)C=C)OOc1nc(OOC(COC(=O)C=C)COC(=O)C=C)nc(OOC(COC(=O)C=C)COC(=O)C=C)n1. The first kappa shape index (κ1) is 42.6. The molecule has 0 aromatic carbocycles. The van der Waals surface area contributed by atoms with E-state index in [2.05, 4.69) is 54.4 Å². The lowest BCUT2D eigenvalue weighted by Crippen LogP contribution is -2.30. The summed E-state index contributed by atoms with van der Waals surface area (Å²) in [5, 5.41) is 0. The van der Waals surface area contributed by atoms with Crippen LogP contribution in [0.2, 0.25) is 0 Å². The number of hydrogen-bond acceptors (Lipinski definition) is 21. The molecule has 0 saturated heterocycles. The zero-order valence-corrected chi connectivity index (χ0v) is 26.9. The fraction of sp³-hybridized carbons (Fsp3) is 0.300. The Morgan fingerprint density at radius 1 is 0.392 bits per heavy atom. The van der Waals surface area contributed by atoms with Crippen LogP contribution in [0.1, 0.15) is 0 Å². The first-order valence-corrected chi connectivity index (χ1v) is 14.0. The number of nitrogens with zero attached hydrogens (tertiary/aromatic N) is 3. The Morgan fingerprint density at radius 3 is 0.725 bits per heavy atom. The molecule has 21 heteroatoms. The van der Waals surface area contributed by atoms with Crippen LogP contribution in [-0.4, -0.2) is 109 Å². The van der Waals surface area contributed by atoms with E-state index in [1.165, 1.54) is 0 Å². The van der Waals surface area contributed by atoms with Crippen LogP contribution in [0.15, 0.2) is 75.9 Å². The van der Waals surface area contributed by atoms with Gasteiger partial charge >= 0.3 is 53.8 Å². The van der Waals surface area contributed by atoms with E-state index in [-0.39, 0.29) is 0 Å². The Kier molecular flexibility index (Phi) is 20.6. The summed E-state index contributed by atoms with van der Waals surface area (Å²) < 4.78 is 29.3. The molecule has 0 aliphatic carbocycles. The molecule has 1 rings (SSSR count). The van der Waals surface area contributed by atoms with Gasteiger partial charge in [-0.25, -0.2) is 28.8 Å². The Morgan fingerprint density at radius 2 is 0.569 bits per heavy atom. The van der Waals surface area contributed by atoms with Gasteiger partial charge in [-0.3, -0.25) is 14.7 Å². The summed E-state index contributed by atoms with van der Waals surface area (Å²) in [5.41, 5.74) is 0. The van der Waals surface area contributed by atoms with Crippen LogP contribution in [0.3, 0.4) is 0 Å². The van der Waals surface area contributed by atoms with E-state index >= 15 is 0 Å². The van der Waals surface area contributed by atoms with Crippen molar-refractivity contribution in [3.8, 4) is 18.0 Å². The maximum atomic E-state index is 11.5. The van der Waals surface area contributed by atoms with Crippen molar-refractivity contribution in [2.24, 2.45) is 0 Å². The Bertz CT molecular complexity index is 1180. The van der Waals surface area contributed by atoms with Crippen LogP contribution in [0.4, 0.5) is 0 Å². The number of rotatable bonds is 27. The van der Waals surface area contributed by atoms with Crippen LogP contribution >= 0.6 is 0 Å². The van der Waals surface area contributed by atoms with Crippen molar-refractivity contribution in [3.05, 3.63) is 75.9 Å². The molecule has 0 bridgehead atoms. The molecular formula is C30H33N3O18. The van der Waals surface area contributed by atoms with Crippen LogP contribution in [0, 0.1) is 0 Å². The fourth-order valence-electron chi connectivity index (χ4n) is 2.48. The number of esters is 6. The molecule has 0 spiro atoms. The Hall–Kier alpha value is -6.45. The summed E-state index contributed by atoms with van der Waals surface area (Å²) in [6.45, 7) is 16.4. The number of carbonyl (C=O) groups is 6. The van der Waals surface area contributed by atoms with Crippen LogP contribution in [0.25, 0.3) is 0 Å². The molecule has 0 amide bonds.